The van der Waals surface area contributed by atoms with E-state index in [2.05, 4.69) is 53.7 Å². The van der Waals surface area contributed by atoms with Crippen LogP contribution in [0.3, 0.4) is 0 Å². The van der Waals surface area contributed by atoms with Crippen molar-refractivity contribution >= 4 is 8.32 Å². The standard InChI is InChI=1S/C21H36O2Si/c1-16(2)24(17(3)4,18(5)6)23-21-11-10-19(14-21)8-7-9-20-12-13-22-15-20/h12-19H,7-11H2,1-6H3/t19-/m0/s1. The summed E-state index contributed by atoms with van der Waals surface area (Å²) in [5.41, 5.74) is 3.27. The van der Waals surface area contributed by atoms with E-state index < -0.39 is 8.32 Å². The Bertz CT molecular complexity index is 492. The fourth-order valence-electron chi connectivity index (χ4n) is 4.65. The van der Waals surface area contributed by atoms with Crippen LogP contribution in [0.2, 0.25) is 16.6 Å². The number of allylic oxidation sites excluding steroid dienone is 2. The third-order valence-electron chi connectivity index (χ3n) is 5.82. The highest BCUT2D eigenvalue weighted by Crippen LogP contribution is 2.45. The van der Waals surface area contributed by atoms with Crippen molar-refractivity contribution in [2.24, 2.45) is 5.92 Å². The zero-order chi connectivity index (χ0) is 17.7. The second-order valence-electron chi connectivity index (χ2n) is 8.38. The molecule has 1 aliphatic rings. The number of rotatable bonds is 9. The van der Waals surface area contributed by atoms with E-state index in [1.807, 2.05) is 6.26 Å². The van der Waals surface area contributed by atoms with Crippen LogP contribution in [0.15, 0.2) is 34.8 Å². The van der Waals surface area contributed by atoms with E-state index >= 15 is 0 Å². The summed E-state index contributed by atoms with van der Waals surface area (Å²) < 4.78 is 12.0. The Labute approximate surface area is 149 Å². The molecule has 136 valence electrons. The topological polar surface area (TPSA) is 22.4 Å². The van der Waals surface area contributed by atoms with Gasteiger partial charge in [-0.25, -0.2) is 0 Å². The number of aryl methyl sites for hydroxylation is 1. The second-order valence-corrected chi connectivity index (χ2v) is 13.8. The van der Waals surface area contributed by atoms with Gasteiger partial charge in [0.05, 0.1) is 18.3 Å². The van der Waals surface area contributed by atoms with Crippen LogP contribution < -0.4 is 0 Å². The maximum Gasteiger partial charge on any atom is 0.258 e. The first-order valence-corrected chi connectivity index (χ1v) is 11.9. The first kappa shape index (κ1) is 19.4. The average molecular weight is 349 g/mol. The van der Waals surface area contributed by atoms with Gasteiger partial charge in [0.2, 0.25) is 0 Å². The summed E-state index contributed by atoms with van der Waals surface area (Å²) in [7, 11) is -1.78. The van der Waals surface area contributed by atoms with E-state index in [1.165, 1.54) is 30.6 Å². The Balaban J connectivity index is 1.93. The van der Waals surface area contributed by atoms with Gasteiger partial charge in [-0.3, -0.25) is 0 Å². The van der Waals surface area contributed by atoms with Gasteiger partial charge in [0, 0.05) is 6.42 Å². The molecule has 0 spiro atoms. The predicted octanol–water partition coefficient (Wildman–Crippen LogP) is 7.09. The predicted molar refractivity (Wildman–Crippen MR) is 105 cm³/mol. The molecule has 1 aromatic rings. The maximum absolute atomic E-state index is 6.85. The molecule has 0 aromatic carbocycles. The molecule has 0 saturated heterocycles. The molecule has 0 fully saturated rings. The van der Waals surface area contributed by atoms with Gasteiger partial charge < -0.3 is 8.84 Å². The lowest BCUT2D eigenvalue weighted by Crippen LogP contribution is -2.47. The number of furan rings is 1. The fourth-order valence-corrected chi connectivity index (χ4v) is 9.99. The maximum atomic E-state index is 6.85. The Kier molecular flexibility index (Phi) is 6.79. The molecule has 0 aliphatic heterocycles. The molecule has 24 heavy (non-hydrogen) atoms. The Morgan fingerprint density at radius 3 is 2.33 bits per heavy atom. The summed E-state index contributed by atoms with van der Waals surface area (Å²) in [6.45, 7) is 14.2. The summed E-state index contributed by atoms with van der Waals surface area (Å²) in [6, 6.07) is 2.08. The third-order valence-corrected chi connectivity index (χ3v) is 11.8. The van der Waals surface area contributed by atoms with E-state index in [9.17, 15) is 0 Å². The molecule has 0 saturated carbocycles. The van der Waals surface area contributed by atoms with Crippen LogP contribution in [0.4, 0.5) is 0 Å². The van der Waals surface area contributed by atoms with Crippen LogP contribution in [0.25, 0.3) is 0 Å². The molecule has 2 rings (SSSR count). The molecule has 1 atom stereocenters. The quantitative estimate of drug-likeness (QED) is 0.444. The molecular formula is C21H36O2Si. The lowest BCUT2D eigenvalue weighted by atomic mass is 10.0. The molecular weight excluding hydrogens is 312 g/mol. The van der Waals surface area contributed by atoms with Crippen molar-refractivity contribution in [3.8, 4) is 0 Å². The van der Waals surface area contributed by atoms with Gasteiger partial charge in [-0.15, -0.1) is 0 Å². The monoisotopic (exact) mass is 348 g/mol. The molecule has 0 amide bonds. The fraction of sp³-hybridized carbons (Fsp3) is 0.714. The summed E-state index contributed by atoms with van der Waals surface area (Å²) in [5, 5.41) is 0. The van der Waals surface area contributed by atoms with Crippen molar-refractivity contribution in [1.82, 2.24) is 0 Å². The van der Waals surface area contributed by atoms with Gasteiger partial charge >= 0.3 is 0 Å². The van der Waals surface area contributed by atoms with Gasteiger partial charge in [0.1, 0.15) is 0 Å². The van der Waals surface area contributed by atoms with Crippen LogP contribution in [-0.4, -0.2) is 8.32 Å². The smallest absolute Gasteiger partial charge is 0.258 e. The van der Waals surface area contributed by atoms with Gasteiger partial charge in [-0.2, -0.15) is 0 Å². The van der Waals surface area contributed by atoms with Crippen LogP contribution >= 0.6 is 0 Å². The van der Waals surface area contributed by atoms with Crippen LogP contribution in [0, 0.1) is 5.92 Å². The average Bonchev–Trinajstić information content (AvgIpc) is 3.15. The minimum atomic E-state index is -1.78. The van der Waals surface area contributed by atoms with Crippen molar-refractivity contribution in [3.05, 3.63) is 36.0 Å². The molecule has 3 heteroatoms. The lowest BCUT2D eigenvalue weighted by Gasteiger charge is -2.42. The minimum absolute atomic E-state index is 0.651. The highest BCUT2D eigenvalue weighted by molar-refractivity contribution is 6.77. The van der Waals surface area contributed by atoms with E-state index in [1.54, 1.807) is 6.26 Å². The minimum Gasteiger partial charge on any atom is -0.546 e. The molecule has 0 bridgehead atoms. The van der Waals surface area contributed by atoms with Crippen molar-refractivity contribution < 1.29 is 8.84 Å². The van der Waals surface area contributed by atoms with E-state index in [4.69, 9.17) is 8.84 Å². The van der Waals surface area contributed by atoms with Crippen molar-refractivity contribution in [2.75, 3.05) is 0 Å². The Morgan fingerprint density at radius 2 is 1.79 bits per heavy atom. The highest BCUT2D eigenvalue weighted by Gasteiger charge is 2.47. The molecule has 1 aliphatic carbocycles. The van der Waals surface area contributed by atoms with Crippen LogP contribution in [-0.2, 0) is 10.8 Å². The van der Waals surface area contributed by atoms with Crippen molar-refractivity contribution in [1.29, 1.82) is 0 Å². The van der Waals surface area contributed by atoms with E-state index in [0.717, 1.165) is 12.8 Å². The number of hydrogen-bond donors (Lipinski definition) is 0. The molecule has 1 heterocycles. The van der Waals surface area contributed by atoms with Gasteiger partial charge in [0.15, 0.2) is 0 Å². The summed E-state index contributed by atoms with van der Waals surface area (Å²) in [5.74, 6) is 2.00. The largest absolute Gasteiger partial charge is 0.546 e. The highest BCUT2D eigenvalue weighted by atomic mass is 28.4. The zero-order valence-electron chi connectivity index (χ0n) is 16.5. The van der Waals surface area contributed by atoms with Crippen molar-refractivity contribution in [3.63, 3.8) is 0 Å². The lowest BCUT2D eigenvalue weighted by molar-refractivity contribution is 0.360. The number of hydrogen-bond acceptors (Lipinski definition) is 2. The SMILES string of the molecule is CC(C)[Si](OC1=C[C@@H](CCCc2ccoc2)CC1)(C(C)C)C(C)C. The summed E-state index contributed by atoms with van der Waals surface area (Å²) >= 11 is 0. The second kappa shape index (κ2) is 8.42. The normalized spacial score (nSPS) is 18.7. The Hall–Kier alpha value is -0.963. The van der Waals surface area contributed by atoms with Gasteiger partial charge in [-0.1, -0.05) is 41.5 Å². The van der Waals surface area contributed by atoms with Gasteiger partial charge in [-0.05, 0) is 65.9 Å². The summed E-state index contributed by atoms with van der Waals surface area (Å²) in [6.07, 6.45) is 12.1. The first-order valence-electron chi connectivity index (χ1n) is 9.77. The third kappa shape index (κ3) is 4.36. The molecule has 0 radical (unpaired) electrons. The molecule has 2 nitrogen and oxygen atoms in total. The van der Waals surface area contributed by atoms with Gasteiger partial charge in [0.25, 0.3) is 8.32 Å². The molecule has 0 N–H and O–H groups in total. The van der Waals surface area contributed by atoms with Crippen LogP contribution in [0.1, 0.15) is 72.8 Å². The van der Waals surface area contributed by atoms with E-state index in [0.29, 0.717) is 22.5 Å². The van der Waals surface area contributed by atoms with E-state index in [-0.39, 0.29) is 0 Å². The molecule has 1 aromatic heterocycles. The first-order chi connectivity index (χ1) is 11.4. The zero-order valence-corrected chi connectivity index (χ0v) is 17.5. The van der Waals surface area contributed by atoms with Crippen LogP contribution in [0.5, 0.6) is 0 Å². The summed E-state index contributed by atoms with van der Waals surface area (Å²) in [4.78, 5) is 0. The molecule has 0 unspecified atom stereocenters. The van der Waals surface area contributed by atoms with Crippen molar-refractivity contribution in [2.45, 2.75) is 90.3 Å². The Morgan fingerprint density at radius 1 is 1.12 bits per heavy atom.